The second kappa shape index (κ2) is 7.21. The van der Waals surface area contributed by atoms with Crippen molar-refractivity contribution in [3.05, 3.63) is 65.4 Å². The van der Waals surface area contributed by atoms with Gasteiger partial charge < -0.3 is 9.88 Å². The van der Waals surface area contributed by atoms with Crippen LogP contribution in [0.2, 0.25) is 0 Å². The van der Waals surface area contributed by atoms with Crippen LogP contribution in [0.25, 0.3) is 10.9 Å². The zero-order valence-electron chi connectivity index (χ0n) is 14.7. The molecule has 0 saturated carbocycles. The number of benzene rings is 2. The van der Waals surface area contributed by atoms with Gasteiger partial charge in [-0.05, 0) is 31.0 Å². The molecule has 5 heteroatoms. The number of nitrogens with zero attached hydrogens (tertiary/aromatic N) is 2. The maximum atomic E-state index is 12.0. The molecule has 25 heavy (non-hydrogen) atoms. The first-order chi connectivity index (χ1) is 12.1. The monoisotopic (exact) mass is 334 g/mol. The predicted octanol–water partition coefficient (Wildman–Crippen LogP) is 3.36. The van der Waals surface area contributed by atoms with Gasteiger partial charge in [0.1, 0.15) is 0 Å². The van der Waals surface area contributed by atoms with Gasteiger partial charge in [0, 0.05) is 35.4 Å². The molecule has 0 aliphatic carbocycles. The van der Waals surface area contributed by atoms with Crippen LogP contribution >= 0.6 is 0 Å². The van der Waals surface area contributed by atoms with Crippen molar-refractivity contribution in [2.75, 3.05) is 11.9 Å². The van der Waals surface area contributed by atoms with Crippen molar-refractivity contribution in [2.45, 2.75) is 13.8 Å². The molecule has 128 valence electrons. The lowest BCUT2D eigenvalue weighted by Gasteiger charge is -2.11. The summed E-state index contributed by atoms with van der Waals surface area (Å²) in [7, 11) is 1.99. The first-order valence-corrected chi connectivity index (χ1v) is 8.22. The summed E-state index contributed by atoms with van der Waals surface area (Å²) in [6.45, 7) is 4.22. The van der Waals surface area contributed by atoms with E-state index in [1.54, 1.807) is 6.21 Å². The van der Waals surface area contributed by atoms with Gasteiger partial charge in [0.2, 0.25) is 0 Å². The van der Waals surface area contributed by atoms with E-state index in [-0.39, 0.29) is 12.5 Å². The average molecular weight is 334 g/mol. The maximum absolute atomic E-state index is 12.0. The molecule has 1 heterocycles. The number of fused-ring (bicyclic) bond motifs is 1. The third-order valence-corrected chi connectivity index (χ3v) is 4.23. The lowest BCUT2D eigenvalue weighted by Crippen LogP contribution is -2.26. The fraction of sp³-hybridized carbons (Fsp3) is 0.200. The molecule has 0 spiro atoms. The summed E-state index contributed by atoms with van der Waals surface area (Å²) in [5, 5.41) is 8.37. The number of para-hydroxylation sites is 2. The second-order valence-electron chi connectivity index (χ2n) is 6.13. The van der Waals surface area contributed by atoms with Crippen LogP contribution in [0.1, 0.15) is 16.7 Å². The summed E-state index contributed by atoms with van der Waals surface area (Å²) >= 11 is 0. The fourth-order valence-electron chi connectivity index (χ4n) is 2.95. The Morgan fingerprint density at radius 3 is 2.60 bits per heavy atom. The number of aryl methyl sites for hydroxylation is 3. The molecule has 0 saturated heterocycles. The zero-order chi connectivity index (χ0) is 17.8. The largest absolute Gasteiger partial charge is 0.376 e. The minimum atomic E-state index is -0.181. The van der Waals surface area contributed by atoms with E-state index in [1.807, 2.05) is 68.1 Å². The van der Waals surface area contributed by atoms with Crippen LogP contribution in [0.5, 0.6) is 0 Å². The van der Waals surface area contributed by atoms with Crippen LogP contribution in [-0.4, -0.2) is 23.2 Å². The third kappa shape index (κ3) is 3.71. The summed E-state index contributed by atoms with van der Waals surface area (Å²) in [6, 6.07) is 14.1. The number of carbonyl (C=O) groups is 1. The van der Waals surface area contributed by atoms with E-state index in [2.05, 4.69) is 21.9 Å². The lowest BCUT2D eigenvalue weighted by molar-refractivity contribution is -0.119. The highest BCUT2D eigenvalue weighted by Gasteiger charge is 2.05. The maximum Gasteiger partial charge on any atom is 0.259 e. The molecule has 5 nitrogen and oxygen atoms in total. The molecule has 0 aliphatic rings. The molecular formula is C20H22N4O. The van der Waals surface area contributed by atoms with Gasteiger partial charge >= 0.3 is 0 Å². The summed E-state index contributed by atoms with van der Waals surface area (Å²) in [6.07, 6.45) is 3.68. The van der Waals surface area contributed by atoms with Gasteiger partial charge in [0.25, 0.3) is 5.91 Å². The molecule has 1 amide bonds. The van der Waals surface area contributed by atoms with Crippen LogP contribution in [0.3, 0.4) is 0 Å². The van der Waals surface area contributed by atoms with Crippen LogP contribution in [0.4, 0.5) is 5.69 Å². The van der Waals surface area contributed by atoms with Crippen LogP contribution in [-0.2, 0) is 11.8 Å². The fourth-order valence-corrected chi connectivity index (χ4v) is 2.95. The molecule has 0 atom stereocenters. The highest BCUT2D eigenvalue weighted by molar-refractivity contribution is 5.99. The number of aromatic nitrogens is 1. The molecule has 0 bridgehead atoms. The Bertz CT molecular complexity index is 920. The summed E-state index contributed by atoms with van der Waals surface area (Å²) in [5.41, 5.74) is 7.91. The predicted molar refractivity (Wildman–Crippen MR) is 103 cm³/mol. The van der Waals surface area contributed by atoms with E-state index in [4.69, 9.17) is 0 Å². The summed E-state index contributed by atoms with van der Waals surface area (Å²) < 4.78 is 2.04. The van der Waals surface area contributed by atoms with Gasteiger partial charge in [0.15, 0.2) is 0 Å². The van der Waals surface area contributed by atoms with Crippen molar-refractivity contribution in [3.63, 3.8) is 0 Å². The van der Waals surface area contributed by atoms with Crippen molar-refractivity contribution < 1.29 is 4.79 Å². The molecule has 3 aromatic rings. The quantitative estimate of drug-likeness (QED) is 0.555. The Balaban J connectivity index is 1.61. The number of hydrogen-bond donors (Lipinski definition) is 2. The number of rotatable bonds is 5. The van der Waals surface area contributed by atoms with Crippen molar-refractivity contribution in [2.24, 2.45) is 12.1 Å². The third-order valence-electron chi connectivity index (χ3n) is 4.23. The Hall–Kier alpha value is -3.08. The van der Waals surface area contributed by atoms with Gasteiger partial charge in [-0.15, -0.1) is 0 Å². The number of carbonyl (C=O) groups excluding carboxylic acids is 1. The Labute approximate surface area is 147 Å². The van der Waals surface area contributed by atoms with Crippen molar-refractivity contribution in [1.82, 2.24) is 9.99 Å². The van der Waals surface area contributed by atoms with Crippen LogP contribution < -0.4 is 10.7 Å². The first-order valence-electron chi connectivity index (χ1n) is 8.22. The minimum absolute atomic E-state index is 0.179. The number of amides is 1. The molecular weight excluding hydrogens is 312 g/mol. The minimum Gasteiger partial charge on any atom is -0.376 e. The number of nitrogens with one attached hydrogen (secondary N) is 2. The number of anilines is 1. The number of hydrazone groups is 1. The summed E-state index contributed by atoms with van der Waals surface area (Å²) in [4.78, 5) is 12.0. The van der Waals surface area contributed by atoms with Gasteiger partial charge in [0.05, 0.1) is 12.8 Å². The molecule has 2 N–H and O–H groups in total. The SMILES string of the molecule is Cc1cccc(C)c1NCC(=O)N/N=C\c1cn(C)c2ccccc12. The normalized spacial score (nSPS) is 11.2. The van der Waals surface area contributed by atoms with Crippen molar-refractivity contribution >= 4 is 28.7 Å². The van der Waals surface area contributed by atoms with E-state index in [1.165, 1.54) is 0 Å². The zero-order valence-corrected chi connectivity index (χ0v) is 14.7. The molecule has 0 fully saturated rings. The van der Waals surface area contributed by atoms with Gasteiger partial charge in [-0.1, -0.05) is 36.4 Å². The van der Waals surface area contributed by atoms with E-state index in [9.17, 15) is 4.79 Å². The van der Waals surface area contributed by atoms with Gasteiger partial charge in [-0.2, -0.15) is 5.10 Å². The molecule has 0 unspecified atom stereocenters. The standard InChI is InChI=1S/C20H22N4O/c1-14-7-6-8-15(2)20(14)21-12-19(25)23-22-11-16-13-24(3)18-10-5-4-9-17(16)18/h4-11,13,21H,12H2,1-3H3,(H,23,25)/b22-11-. The Morgan fingerprint density at radius 1 is 1.12 bits per heavy atom. The van der Waals surface area contributed by atoms with Crippen molar-refractivity contribution in [1.29, 1.82) is 0 Å². The van der Waals surface area contributed by atoms with Crippen molar-refractivity contribution in [3.8, 4) is 0 Å². The van der Waals surface area contributed by atoms with E-state index >= 15 is 0 Å². The van der Waals surface area contributed by atoms with E-state index in [0.29, 0.717) is 0 Å². The summed E-state index contributed by atoms with van der Waals surface area (Å²) in [5.74, 6) is -0.181. The molecule has 1 aromatic heterocycles. The molecule has 0 aliphatic heterocycles. The van der Waals surface area contributed by atoms with E-state index in [0.717, 1.165) is 33.3 Å². The Kier molecular flexibility index (Phi) is 4.84. The van der Waals surface area contributed by atoms with E-state index < -0.39 is 0 Å². The van der Waals surface area contributed by atoms with Gasteiger partial charge in [-0.3, -0.25) is 4.79 Å². The lowest BCUT2D eigenvalue weighted by atomic mass is 10.1. The highest BCUT2D eigenvalue weighted by Crippen LogP contribution is 2.19. The first kappa shape index (κ1) is 16.8. The molecule has 2 aromatic carbocycles. The molecule has 3 rings (SSSR count). The van der Waals surface area contributed by atoms with Crippen LogP contribution in [0.15, 0.2) is 53.8 Å². The Morgan fingerprint density at radius 2 is 1.84 bits per heavy atom. The topological polar surface area (TPSA) is 58.4 Å². The number of hydrogen-bond acceptors (Lipinski definition) is 3. The second-order valence-corrected chi connectivity index (χ2v) is 6.13. The smallest absolute Gasteiger partial charge is 0.259 e. The average Bonchev–Trinajstić information content (AvgIpc) is 2.91. The van der Waals surface area contributed by atoms with Crippen LogP contribution in [0, 0.1) is 13.8 Å². The van der Waals surface area contributed by atoms with Gasteiger partial charge in [-0.25, -0.2) is 5.43 Å². The molecule has 0 radical (unpaired) electrons. The highest BCUT2D eigenvalue weighted by atomic mass is 16.2.